The monoisotopic (exact) mass is 1370 g/mol. The predicted molar refractivity (Wildman–Crippen MR) is 381 cm³/mol. The predicted octanol–water partition coefficient (Wildman–Crippen LogP) is 21.1. The van der Waals surface area contributed by atoms with Gasteiger partial charge in [-0.05, 0) is 103 Å². The number of carbonyl (C=O) groups excluding carboxylic acids is 4. The number of ether oxygens (including phenoxy) is 4. The Bertz CT molecular complexity index is 2030. The molecule has 0 radical (unpaired) electrons. The van der Waals surface area contributed by atoms with Crippen LogP contribution >= 0.6 is 15.6 Å². The Morgan fingerprint density at radius 1 is 0.298 bits per heavy atom. The van der Waals surface area contributed by atoms with Crippen LogP contribution in [0, 0.1) is 0 Å². The summed E-state index contributed by atoms with van der Waals surface area (Å²) in [7, 11) is -9.94. The summed E-state index contributed by atoms with van der Waals surface area (Å²) in [6.45, 7) is 4.74. The van der Waals surface area contributed by atoms with Gasteiger partial charge in [-0.3, -0.25) is 37.3 Å². The molecule has 0 saturated heterocycles. The van der Waals surface area contributed by atoms with E-state index in [2.05, 4.69) is 88.5 Å². The Balaban J connectivity index is 5.30. The number of unbranched alkanes of at least 4 members (excludes halogenated alkanes) is 35. The number of carbonyl (C=O) groups is 4. The lowest BCUT2D eigenvalue weighted by Crippen LogP contribution is -2.30. The summed E-state index contributed by atoms with van der Waals surface area (Å²) < 4.78 is 68.3. The van der Waals surface area contributed by atoms with Crippen molar-refractivity contribution in [2.45, 2.75) is 354 Å². The van der Waals surface area contributed by atoms with Crippen LogP contribution in [0.15, 0.2) is 60.8 Å². The third-order valence-electron chi connectivity index (χ3n) is 15.9. The molecule has 5 unspecified atom stereocenters. The second-order valence-electron chi connectivity index (χ2n) is 25.2. The molecule has 0 aliphatic carbocycles. The molecule has 0 bridgehead atoms. The van der Waals surface area contributed by atoms with Crippen LogP contribution in [0.3, 0.4) is 0 Å². The number of aliphatic hydroxyl groups is 1. The average molecular weight is 1370 g/mol. The molecule has 0 amide bonds. The van der Waals surface area contributed by atoms with Crippen molar-refractivity contribution in [3.05, 3.63) is 60.8 Å². The molecule has 5 atom stereocenters. The van der Waals surface area contributed by atoms with E-state index in [0.717, 1.165) is 154 Å². The van der Waals surface area contributed by atoms with E-state index in [1.54, 1.807) is 0 Å². The van der Waals surface area contributed by atoms with Crippen molar-refractivity contribution >= 4 is 39.5 Å². The zero-order chi connectivity index (χ0) is 69.0. The van der Waals surface area contributed by atoms with Crippen LogP contribution in [0.4, 0.5) is 0 Å². The minimum absolute atomic E-state index is 0.0833. The Morgan fingerprint density at radius 3 is 0.894 bits per heavy atom. The summed E-state index contributed by atoms with van der Waals surface area (Å²) in [5.74, 6) is -2.19. The number of aliphatic hydroxyl groups excluding tert-OH is 1. The Morgan fingerprint density at radius 2 is 0.553 bits per heavy atom. The second kappa shape index (κ2) is 68.3. The average Bonchev–Trinajstić information content (AvgIpc) is 1.22. The fourth-order valence-corrected chi connectivity index (χ4v) is 11.7. The molecule has 548 valence electrons. The molecule has 19 heteroatoms. The van der Waals surface area contributed by atoms with Crippen LogP contribution in [0.1, 0.15) is 336 Å². The van der Waals surface area contributed by atoms with E-state index in [0.29, 0.717) is 25.7 Å². The lowest BCUT2D eigenvalue weighted by atomic mass is 10.0. The minimum Gasteiger partial charge on any atom is -0.462 e. The van der Waals surface area contributed by atoms with Crippen molar-refractivity contribution in [1.82, 2.24) is 0 Å². The zero-order valence-electron chi connectivity index (χ0n) is 59.6. The van der Waals surface area contributed by atoms with Gasteiger partial charge in [0.2, 0.25) is 0 Å². The van der Waals surface area contributed by atoms with Gasteiger partial charge in [-0.2, -0.15) is 0 Å². The zero-order valence-corrected chi connectivity index (χ0v) is 61.4. The maximum atomic E-state index is 13.0. The summed E-state index contributed by atoms with van der Waals surface area (Å²) in [6.07, 6.45) is 65.0. The molecule has 0 spiro atoms. The van der Waals surface area contributed by atoms with Crippen LogP contribution in [-0.4, -0.2) is 96.7 Å². The number of rotatable bonds is 71. The highest BCUT2D eigenvalue weighted by atomic mass is 31.2. The summed E-state index contributed by atoms with van der Waals surface area (Å²) in [4.78, 5) is 72.7. The van der Waals surface area contributed by atoms with E-state index in [-0.39, 0.29) is 25.7 Å². The van der Waals surface area contributed by atoms with Gasteiger partial charge in [-0.25, -0.2) is 9.13 Å². The van der Waals surface area contributed by atoms with Crippen molar-refractivity contribution in [2.24, 2.45) is 0 Å². The molecule has 0 aliphatic rings. The Kier molecular flexibility index (Phi) is 65.9. The van der Waals surface area contributed by atoms with Crippen molar-refractivity contribution in [3.63, 3.8) is 0 Å². The van der Waals surface area contributed by atoms with Gasteiger partial charge in [0, 0.05) is 25.7 Å². The molecule has 0 heterocycles. The highest BCUT2D eigenvalue weighted by Gasteiger charge is 2.30. The molecule has 0 aromatic rings. The third kappa shape index (κ3) is 67.3. The number of allylic oxidation sites excluding steroid dienone is 10. The minimum atomic E-state index is -4.97. The maximum absolute atomic E-state index is 13.0. The summed E-state index contributed by atoms with van der Waals surface area (Å²) in [5, 5.41) is 10.6. The normalized spacial score (nSPS) is 14.3. The molecule has 0 saturated carbocycles. The van der Waals surface area contributed by atoms with Gasteiger partial charge in [-0.15, -0.1) is 0 Å². The second-order valence-corrected chi connectivity index (χ2v) is 28.1. The number of hydrogen-bond acceptors (Lipinski definition) is 15. The molecule has 0 aromatic heterocycles. The number of phosphoric acid groups is 2. The SMILES string of the molecule is CCC/C=C\C/C=C\CCCCCCCC(=O)OC(COC(=O)CCCCCCCCCCCCCCCCC)COP(=O)(O)OCC(O)COP(=O)(O)OCC(COC(=O)CCCCCCC/C=C\C/C=C\CCCCC)OC(=O)CCCCCCC/C=C\CCCC. The topological polar surface area (TPSA) is 237 Å². The van der Waals surface area contributed by atoms with Gasteiger partial charge in [0.1, 0.15) is 19.3 Å². The van der Waals surface area contributed by atoms with Crippen molar-refractivity contribution in [1.29, 1.82) is 0 Å². The van der Waals surface area contributed by atoms with Crippen molar-refractivity contribution < 1.29 is 80.2 Å². The van der Waals surface area contributed by atoms with Crippen LogP contribution in [0.5, 0.6) is 0 Å². The molecular formula is C75H136O17P2. The Hall–Kier alpha value is -3.24. The fraction of sp³-hybridized carbons (Fsp3) is 0.813. The van der Waals surface area contributed by atoms with Gasteiger partial charge < -0.3 is 33.8 Å². The van der Waals surface area contributed by atoms with Crippen molar-refractivity contribution in [3.8, 4) is 0 Å². The first kappa shape index (κ1) is 90.8. The summed E-state index contributed by atoms with van der Waals surface area (Å²) in [6, 6.07) is 0. The Labute approximate surface area is 571 Å². The van der Waals surface area contributed by atoms with Gasteiger partial charge in [0.15, 0.2) is 12.2 Å². The lowest BCUT2D eigenvalue weighted by Gasteiger charge is -2.21. The van der Waals surface area contributed by atoms with Crippen LogP contribution in [0.2, 0.25) is 0 Å². The maximum Gasteiger partial charge on any atom is 0.472 e. The third-order valence-corrected chi connectivity index (χ3v) is 17.8. The van der Waals surface area contributed by atoms with Crippen LogP contribution in [-0.2, 0) is 65.4 Å². The largest absolute Gasteiger partial charge is 0.472 e. The van der Waals surface area contributed by atoms with E-state index >= 15 is 0 Å². The van der Waals surface area contributed by atoms with E-state index in [1.165, 1.54) is 103 Å². The smallest absolute Gasteiger partial charge is 0.462 e. The lowest BCUT2D eigenvalue weighted by molar-refractivity contribution is -0.161. The quantitative estimate of drug-likeness (QED) is 0.0169. The molecule has 3 N–H and O–H groups in total. The molecule has 0 aliphatic heterocycles. The standard InChI is InChI=1S/C75H136O17P2/c1-5-9-13-17-21-25-29-32-34-37-40-43-47-51-55-59-72(77)85-65-70(91-74(79)61-57-53-49-45-39-28-24-20-16-12-8-4)67-89-93(81,82)87-63-69(76)64-88-94(83,84)90-68-71(92-75(80)62-58-54-50-46-42-36-31-27-23-19-15-11-7-3)66-86-73(78)60-56-52-48-44-41-38-35-33-30-26-22-18-14-10-6-2/h15,19-21,24-25,27,31-32,34,69-71,76H,5-14,16-18,22-23,26,28-30,33,35-68H2,1-4H3,(H,81,82)(H,83,84)/b19-15-,24-20-,25-21-,31-27-,34-32-. The molecule has 94 heavy (non-hydrogen) atoms. The fourth-order valence-electron chi connectivity index (χ4n) is 10.2. The summed E-state index contributed by atoms with van der Waals surface area (Å²) in [5.41, 5.74) is 0. The van der Waals surface area contributed by atoms with E-state index in [9.17, 15) is 43.2 Å². The summed E-state index contributed by atoms with van der Waals surface area (Å²) >= 11 is 0. The number of esters is 4. The van der Waals surface area contributed by atoms with Gasteiger partial charge in [0.25, 0.3) is 0 Å². The first-order valence-corrected chi connectivity index (χ1v) is 40.5. The molecule has 17 nitrogen and oxygen atoms in total. The van der Waals surface area contributed by atoms with Crippen LogP contribution in [0.25, 0.3) is 0 Å². The first-order valence-electron chi connectivity index (χ1n) is 37.5. The van der Waals surface area contributed by atoms with E-state index in [1.807, 2.05) is 0 Å². The highest BCUT2D eigenvalue weighted by molar-refractivity contribution is 7.47. The van der Waals surface area contributed by atoms with Gasteiger partial charge >= 0.3 is 39.5 Å². The van der Waals surface area contributed by atoms with Gasteiger partial charge in [0.05, 0.1) is 26.4 Å². The number of hydrogen-bond donors (Lipinski definition) is 3. The first-order chi connectivity index (χ1) is 45.7. The van der Waals surface area contributed by atoms with E-state index < -0.39 is 97.5 Å². The molecule has 0 fully saturated rings. The van der Waals surface area contributed by atoms with Gasteiger partial charge in [-0.1, -0.05) is 268 Å². The number of phosphoric ester groups is 2. The van der Waals surface area contributed by atoms with Crippen LogP contribution < -0.4 is 0 Å². The molecular weight excluding hydrogens is 1230 g/mol. The van der Waals surface area contributed by atoms with Crippen molar-refractivity contribution in [2.75, 3.05) is 39.6 Å². The molecule has 0 aromatic carbocycles. The highest BCUT2D eigenvalue weighted by Crippen LogP contribution is 2.45. The van der Waals surface area contributed by atoms with E-state index in [4.69, 9.17) is 37.0 Å². The molecule has 0 rings (SSSR count).